The molecule has 7 nitrogen and oxygen atoms in total. The van der Waals surface area contributed by atoms with Crippen molar-refractivity contribution >= 4 is 16.9 Å². The number of anilines is 1. The van der Waals surface area contributed by atoms with Crippen LogP contribution >= 0.6 is 0 Å². The van der Waals surface area contributed by atoms with Gasteiger partial charge in [-0.1, -0.05) is 25.1 Å². The molecule has 2 aromatic heterocycles. The first-order valence-corrected chi connectivity index (χ1v) is 9.72. The zero-order valence-electron chi connectivity index (χ0n) is 16.1. The van der Waals surface area contributed by atoms with Crippen molar-refractivity contribution in [3.05, 3.63) is 66.1 Å². The Bertz CT molecular complexity index is 1170. The Hall–Kier alpha value is -3.61. The van der Waals surface area contributed by atoms with E-state index in [9.17, 15) is 0 Å². The van der Waals surface area contributed by atoms with Gasteiger partial charge in [0.1, 0.15) is 25.4 Å². The summed E-state index contributed by atoms with van der Waals surface area (Å²) in [7, 11) is 0. The van der Waals surface area contributed by atoms with Gasteiger partial charge in [-0.2, -0.15) is 5.10 Å². The van der Waals surface area contributed by atoms with Gasteiger partial charge in [0, 0.05) is 6.54 Å². The molecule has 1 aliphatic rings. The first-order chi connectivity index (χ1) is 14.3. The summed E-state index contributed by atoms with van der Waals surface area (Å²) in [6.45, 7) is 3.92. The number of ether oxygens (including phenoxy) is 2. The molecular formula is C22H21N5O2. The summed E-state index contributed by atoms with van der Waals surface area (Å²) >= 11 is 0. The van der Waals surface area contributed by atoms with E-state index in [1.54, 1.807) is 12.5 Å². The van der Waals surface area contributed by atoms with Crippen molar-refractivity contribution in [3.63, 3.8) is 0 Å². The second-order valence-corrected chi connectivity index (χ2v) is 6.87. The van der Waals surface area contributed by atoms with Crippen LogP contribution in [0, 0.1) is 0 Å². The molecule has 0 aliphatic carbocycles. The van der Waals surface area contributed by atoms with E-state index in [0.717, 1.165) is 46.0 Å². The molecule has 146 valence electrons. The molecule has 0 spiro atoms. The highest BCUT2D eigenvalue weighted by atomic mass is 16.6. The van der Waals surface area contributed by atoms with E-state index in [0.29, 0.717) is 19.8 Å². The second-order valence-electron chi connectivity index (χ2n) is 6.87. The fourth-order valence-corrected chi connectivity index (χ4v) is 3.47. The quantitative estimate of drug-likeness (QED) is 0.562. The summed E-state index contributed by atoms with van der Waals surface area (Å²) in [5.74, 6) is 2.33. The van der Waals surface area contributed by atoms with E-state index >= 15 is 0 Å². The summed E-state index contributed by atoms with van der Waals surface area (Å²) < 4.78 is 13.1. The van der Waals surface area contributed by atoms with Crippen molar-refractivity contribution in [2.24, 2.45) is 0 Å². The molecule has 0 fully saturated rings. The van der Waals surface area contributed by atoms with Crippen LogP contribution in [0.5, 0.6) is 11.5 Å². The Balaban J connectivity index is 1.42. The monoisotopic (exact) mass is 387 g/mol. The maximum atomic E-state index is 5.67. The molecule has 0 saturated carbocycles. The Morgan fingerprint density at radius 2 is 1.90 bits per heavy atom. The fourth-order valence-electron chi connectivity index (χ4n) is 3.47. The van der Waals surface area contributed by atoms with Crippen LogP contribution in [0.1, 0.15) is 18.1 Å². The molecule has 0 atom stereocenters. The normalized spacial score (nSPS) is 12.9. The zero-order valence-corrected chi connectivity index (χ0v) is 16.1. The van der Waals surface area contributed by atoms with Gasteiger partial charge < -0.3 is 14.8 Å². The van der Waals surface area contributed by atoms with Crippen molar-refractivity contribution < 1.29 is 9.47 Å². The van der Waals surface area contributed by atoms with Gasteiger partial charge in [-0.15, -0.1) is 0 Å². The minimum Gasteiger partial charge on any atom is -0.486 e. The van der Waals surface area contributed by atoms with Crippen LogP contribution in [0.2, 0.25) is 0 Å². The van der Waals surface area contributed by atoms with E-state index in [2.05, 4.69) is 39.4 Å². The number of benzene rings is 2. The molecule has 0 unspecified atom stereocenters. The van der Waals surface area contributed by atoms with Crippen molar-refractivity contribution in [2.75, 3.05) is 18.5 Å². The Labute approximate surface area is 168 Å². The van der Waals surface area contributed by atoms with Gasteiger partial charge in [0.05, 0.1) is 17.3 Å². The van der Waals surface area contributed by atoms with E-state index in [1.165, 1.54) is 5.56 Å². The number of fused-ring (bicyclic) bond motifs is 2. The topological polar surface area (TPSA) is 74.1 Å². The third-order valence-corrected chi connectivity index (χ3v) is 5.00. The molecular weight excluding hydrogens is 366 g/mol. The van der Waals surface area contributed by atoms with Crippen LogP contribution in [0.4, 0.5) is 5.82 Å². The average molecular weight is 387 g/mol. The molecule has 0 bridgehead atoms. The van der Waals surface area contributed by atoms with Gasteiger partial charge in [-0.05, 0) is 41.8 Å². The lowest BCUT2D eigenvalue weighted by molar-refractivity contribution is 0.171. The van der Waals surface area contributed by atoms with Crippen molar-refractivity contribution in [3.8, 4) is 17.2 Å². The minimum absolute atomic E-state index is 0.578. The Morgan fingerprint density at radius 1 is 1.00 bits per heavy atom. The van der Waals surface area contributed by atoms with E-state index in [4.69, 9.17) is 9.47 Å². The van der Waals surface area contributed by atoms with Crippen LogP contribution < -0.4 is 14.8 Å². The summed E-state index contributed by atoms with van der Waals surface area (Å²) in [5, 5.41) is 8.83. The molecule has 1 aliphatic heterocycles. The number of hydrogen-bond donors (Lipinski definition) is 1. The van der Waals surface area contributed by atoms with Gasteiger partial charge in [-0.3, -0.25) is 0 Å². The summed E-state index contributed by atoms with van der Waals surface area (Å²) in [4.78, 5) is 8.88. The number of nitrogens with zero attached hydrogens (tertiary/aromatic N) is 4. The number of hydrogen-bond acceptors (Lipinski definition) is 6. The molecule has 1 N–H and O–H groups in total. The van der Waals surface area contributed by atoms with Crippen molar-refractivity contribution in [2.45, 2.75) is 19.9 Å². The predicted octanol–water partition coefficient (Wildman–Crippen LogP) is 3.76. The highest BCUT2D eigenvalue weighted by molar-refractivity contribution is 5.87. The number of rotatable bonds is 5. The largest absolute Gasteiger partial charge is 0.486 e. The van der Waals surface area contributed by atoms with Gasteiger partial charge in [0.15, 0.2) is 17.1 Å². The number of aryl methyl sites for hydroxylation is 1. The maximum Gasteiger partial charge on any atom is 0.168 e. The summed E-state index contributed by atoms with van der Waals surface area (Å²) in [6, 6.07) is 14.3. The van der Waals surface area contributed by atoms with Crippen LogP contribution in [-0.4, -0.2) is 33.0 Å². The Kier molecular flexibility index (Phi) is 4.48. The van der Waals surface area contributed by atoms with Gasteiger partial charge >= 0.3 is 0 Å². The van der Waals surface area contributed by atoms with E-state index in [-0.39, 0.29) is 0 Å². The third kappa shape index (κ3) is 3.35. The van der Waals surface area contributed by atoms with Crippen LogP contribution in [-0.2, 0) is 13.0 Å². The molecule has 0 radical (unpaired) electrons. The van der Waals surface area contributed by atoms with Crippen LogP contribution in [0.3, 0.4) is 0 Å². The lowest BCUT2D eigenvalue weighted by Crippen LogP contribution is -2.15. The van der Waals surface area contributed by atoms with Gasteiger partial charge in [-0.25, -0.2) is 14.6 Å². The van der Waals surface area contributed by atoms with Crippen LogP contribution in [0.15, 0.2) is 55.0 Å². The predicted molar refractivity (Wildman–Crippen MR) is 111 cm³/mol. The lowest BCUT2D eigenvalue weighted by Gasteiger charge is -2.19. The number of aromatic nitrogens is 4. The highest BCUT2D eigenvalue weighted by Crippen LogP contribution is 2.31. The SMILES string of the molecule is CCc1cccc(-n2ncc3c(NCc4ccc5c(c4)OCCO5)ncnc32)c1. The third-order valence-electron chi connectivity index (χ3n) is 5.00. The van der Waals surface area contributed by atoms with E-state index < -0.39 is 0 Å². The van der Waals surface area contributed by atoms with Crippen molar-refractivity contribution in [1.29, 1.82) is 0 Å². The zero-order chi connectivity index (χ0) is 19.6. The van der Waals surface area contributed by atoms with E-state index in [1.807, 2.05) is 35.0 Å². The number of nitrogens with one attached hydrogen (secondary N) is 1. The van der Waals surface area contributed by atoms with Crippen LogP contribution in [0.25, 0.3) is 16.7 Å². The lowest BCUT2D eigenvalue weighted by atomic mass is 10.1. The molecule has 2 aromatic carbocycles. The first-order valence-electron chi connectivity index (χ1n) is 9.72. The maximum absolute atomic E-state index is 5.67. The van der Waals surface area contributed by atoms with Gasteiger partial charge in [0.2, 0.25) is 0 Å². The second kappa shape index (κ2) is 7.43. The highest BCUT2D eigenvalue weighted by Gasteiger charge is 2.14. The molecule has 3 heterocycles. The molecule has 4 aromatic rings. The Morgan fingerprint density at radius 3 is 2.79 bits per heavy atom. The molecule has 0 amide bonds. The average Bonchev–Trinajstić information content (AvgIpc) is 3.22. The molecule has 29 heavy (non-hydrogen) atoms. The smallest absolute Gasteiger partial charge is 0.168 e. The molecule has 7 heteroatoms. The molecule has 0 saturated heterocycles. The minimum atomic E-state index is 0.578. The standard InChI is InChI=1S/C22H21N5O2/c1-2-15-4-3-5-17(10-15)27-22-18(13-26-27)21(24-14-25-22)23-12-16-6-7-19-20(11-16)29-9-8-28-19/h3-7,10-11,13-14H,2,8-9,12H2,1H3,(H,23,24,25). The van der Waals surface area contributed by atoms with Crippen molar-refractivity contribution in [1.82, 2.24) is 19.7 Å². The van der Waals surface area contributed by atoms with Gasteiger partial charge in [0.25, 0.3) is 0 Å². The first kappa shape index (κ1) is 17.5. The summed E-state index contributed by atoms with van der Waals surface area (Å²) in [6.07, 6.45) is 4.35. The fraction of sp³-hybridized carbons (Fsp3) is 0.227. The molecule has 5 rings (SSSR count). The summed E-state index contributed by atoms with van der Waals surface area (Å²) in [5.41, 5.74) is 4.12.